The number of ketones is 1. The number of thiazole rings is 1. The zero-order chi connectivity index (χ0) is 21.5. The Labute approximate surface area is 179 Å². The first-order valence-corrected chi connectivity index (χ1v) is 10.8. The molecule has 1 unspecified atom stereocenters. The Balaban J connectivity index is 1.47. The number of hydrogen-bond donors (Lipinski definition) is 1. The number of carbonyl (C=O) groups is 2. The van der Waals surface area contributed by atoms with Crippen molar-refractivity contribution in [2.45, 2.75) is 52.2 Å². The van der Waals surface area contributed by atoms with Gasteiger partial charge < -0.3 is 14.6 Å². The summed E-state index contributed by atoms with van der Waals surface area (Å²) in [5.41, 5.74) is 2.36. The molecule has 1 N–H and O–H groups in total. The normalized spacial score (nSPS) is 16.3. The van der Waals surface area contributed by atoms with Crippen LogP contribution in [0.1, 0.15) is 55.7 Å². The molecule has 0 bridgehead atoms. The number of nitrogens with one attached hydrogen (secondary N) is 1. The van der Waals surface area contributed by atoms with Crippen molar-refractivity contribution in [3.8, 4) is 16.2 Å². The predicted molar refractivity (Wildman–Crippen MR) is 118 cm³/mol. The molecule has 7 heteroatoms. The fourth-order valence-electron chi connectivity index (χ4n) is 3.59. The highest BCUT2D eigenvalue weighted by atomic mass is 32.1. The third-order valence-corrected chi connectivity index (χ3v) is 5.81. The van der Waals surface area contributed by atoms with Crippen molar-refractivity contribution in [2.24, 2.45) is 0 Å². The van der Waals surface area contributed by atoms with Gasteiger partial charge in [-0.25, -0.2) is 4.98 Å². The Morgan fingerprint density at radius 2 is 2.00 bits per heavy atom. The number of rotatable bonds is 4. The smallest absolute Gasteiger partial charge is 0.249 e. The highest BCUT2D eigenvalue weighted by Crippen LogP contribution is 2.32. The third-order valence-electron chi connectivity index (χ3n) is 4.85. The number of hydrogen-bond acceptors (Lipinski definition) is 5. The third kappa shape index (κ3) is 4.31. The summed E-state index contributed by atoms with van der Waals surface area (Å²) in [5.74, 6) is 0.755. The molecule has 3 heterocycles. The molecule has 4 rings (SSSR count). The Bertz CT molecular complexity index is 1090. The molecule has 1 atom stereocenters. The van der Waals surface area contributed by atoms with E-state index in [-0.39, 0.29) is 17.3 Å². The minimum atomic E-state index is -0.396. The molecule has 0 saturated heterocycles. The van der Waals surface area contributed by atoms with Crippen molar-refractivity contribution in [1.29, 1.82) is 0 Å². The number of anilines is 1. The van der Waals surface area contributed by atoms with E-state index in [4.69, 9.17) is 4.74 Å². The molecule has 0 saturated carbocycles. The number of nitrogens with zero attached hydrogens (tertiary/aromatic N) is 2. The van der Waals surface area contributed by atoms with Crippen LogP contribution in [0.3, 0.4) is 0 Å². The number of amides is 1. The molecule has 156 valence electrons. The molecule has 1 aliphatic rings. The molecule has 1 amide bonds. The SMILES string of the molecule is Cc1cc2n(c1)C(C(=O)Nc1ncc(-c3ccc(OC(C)(C)C)cc3)s1)CCC2=O. The maximum Gasteiger partial charge on any atom is 0.249 e. The van der Waals surface area contributed by atoms with Crippen LogP contribution in [0.15, 0.2) is 42.7 Å². The zero-order valence-corrected chi connectivity index (χ0v) is 18.4. The first-order valence-electron chi connectivity index (χ1n) is 9.97. The number of carbonyl (C=O) groups excluding carboxylic acids is 2. The van der Waals surface area contributed by atoms with Gasteiger partial charge in [0.2, 0.25) is 5.91 Å². The summed E-state index contributed by atoms with van der Waals surface area (Å²) in [7, 11) is 0. The molecule has 2 aromatic heterocycles. The van der Waals surface area contributed by atoms with Gasteiger partial charge in [0, 0.05) is 18.8 Å². The maximum absolute atomic E-state index is 12.9. The molecular formula is C23H25N3O3S. The predicted octanol–water partition coefficient (Wildman–Crippen LogP) is 5.25. The van der Waals surface area contributed by atoms with Gasteiger partial charge in [0.15, 0.2) is 10.9 Å². The second-order valence-electron chi connectivity index (χ2n) is 8.55. The summed E-state index contributed by atoms with van der Waals surface area (Å²) >= 11 is 1.42. The first-order chi connectivity index (χ1) is 14.2. The van der Waals surface area contributed by atoms with Gasteiger partial charge in [-0.1, -0.05) is 11.3 Å². The molecule has 6 nitrogen and oxygen atoms in total. The second kappa shape index (κ2) is 7.72. The standard InChI is InChI=1S/C23H25N3O3S/c1-14-11-18-19(27)10-9-17(26(18)13-14)21(28)25-22-24-12-20(30-22)15-5-7-16(8-6-15)29-23(2,3)4/h5-8,11-13,17H,9-10H2,1-4H3,(H,24,25,28). The highest BCUT2D eigenvalue weighted by molar-refractivity contribution is 7.19. The van der Waals surface area contributed by atoms with E-state index in [2.05, 4.69) is 10.3 Å². The van der Waals surface area contributed by atoms with Gasteiger partial charge in [0.05, 0.1) is 10.6 Å². The van der Waals surface area contributed by atoms with Gasteiger partial charge in [-0.2, -0.15) is 0 Å². The molecule has 0 spiro atoms. The lowest BCUT2D eigenvalue weighted by Gasteiger charge is -2.24. The van der Waals surface area contributed by atoms with Crippen molar-refractivity contribution in [3.05, 3.63) is 54.0 Å². The van der Waals surface area contributed by atoms with Gasteiger partial charge in [0.25, 0.3) is 0 Å². The van der Waals surface area contributed by atoms with E-state index in [1.165, 1.54) is 11.3 Å². The Morgan fingerprint density at radius 3 is 2.70 bits per heavy atom. The lowest BCUT2D eigenvalue weighted by molar-refractivity contribution is -0.119. The molecule has 1 aromatic carbocycles. The number of fused-ring (bicyclic) bond motifs is 1. The van der Waals surface area contributed by atoms with Gasteiger partial charge in [-0.3, -0.25) is 9.59 Å². The topological polar surface area (TPSA) is 73.2 Å². The first kappa shape index (κ1) is 20.3. The minimum absolute atomic E-state index is 0.0857. The van der Waals surface area contributed by atoms with Crippen LogP contribution in [0.25, 0.3) is 10.4 Å². The van der Waals surface area contributed by atoms with Crippen molar-refractivity contribution < 1.29 is 14.3 Å². The Hall–Kier alpha value is -2.93. The molecule has 3 aromatic rings. The Kier molecular flexibility index (Phi) is 5.24. The number of aryl methyl sites for hydroxylation is 1. The summed E-state index contributed by atoms with van der Waals surface area (Å²) in [4.78, 5) is 30.3. The summed E-state index contributed by atoms with van der Waals surface area (Å²) in [6.45, 7) is 7.97. The average molecular weight is 424 g/mol. The van der Waals surface area contributed by atoms with Gasteiger partial charge in [-0.15, -0.1) is 0 Å². The van der Waals surface area contributed by atoms with Crippen molar-refractivity contribution >= 4 is 28.2 Å². The van der Waals surface area contributed by atoms with E-state index >= 15 is 0 Å². The van der Waals surface area contributed by atoms with E-state index in [1.54, 1.807) is 10.8 Å². The van der Waals surface area contributed by atoms with Crippen LogP contribution in [0.5, 0.6) is 5.75 Å². The largest absolute Gasteiger partial charge is 0.488 e. The lowest BCUT2D eigenvalue weighted by Crippen LogP contribution is -2.31. The van der Waals surface area contributed by atoms with E-state index < -0.39 is 6.04 Å². The zero-order valence-electron chi connectivity index (χ0n) is 17.6. The number of benzene rings is 1. The van der Waals surface area contributed by atoms with Crippen LogP contribution in [-0.2, 0) is 4.79 Å². The van der Waals surface area contributed by atoms with Gasteiger partial charge in [-0.05, 0) is 75.6 Å². The fourth-order valence-corrected chi connectivity index (χ4v) is 4.41. The van der Waals surface area contributed by atoms with Gasteiger partial charge >= 0.3 is 0 Å². The lowest BCUT2D eigenvalue weighted by atomic mass is 10.0. The van der Waals surface area contributed by atoms with E-state index in [0.717, 1.165) is 21.8 Å². The quantitative estimate of drug-likeness (QED) is 0.622. The van der Waals surface area contributed by atoms with Crippen LogP contribution >= 0.6 is 11.3 Å². The van der Waals surface area contributed by atoms with Crippen LogP contribution in [0, 0.1) is 6.92 Å². The summed E-state index contributed by atoms with van der Waals surface area (Å²) in [5, 5.41) is 3.47. The molecule has 0 fully saturated rings. The highest BCUT2D eigenvalue weighted by Gasteiger charge is 2.30. The van der Waals surface area contributed by atoms with E-state index in [0.29, 0.717) is 23.7 Å². The van der Waals surface area contributed by atoms with Gasteiger partial charge in [0.1, 0.15) is 17.4 Å². The fraction of sp³-hybridized carbons (Fsp3) is 0.348. The Morgan fingerprint density at radius 1 is 1.27 bits per heavy atom. The van der Waals surface area contributed by atoms with Crippen LogP contribution in [-0.4, -0.2) is 26.8 Å². The summed E-state index contributed by atoms with van der Waals surface area (Å²) in [6.07, 6.45) is 4.51. The molecule has 0 aliphatic carbocycles. The average Bonchev–Trinajstić information content (AvgIpc) is 3.28. The molecular weight excluding hydrogens is 398 g/mol. The molecule has 1 aliphatic heterocycles. The maximum atomic E-state index is 12.9. The number of ether oxygens (including phenoxy) is 1. The number of Topliss-reactive ketones (excluding diaryl/α,β-unsaturated/α-hetero) is 1. The molecule has 0 radical (unpaired) electrons. The molecule has 30 heavy (non-hydrogen) atoms. The second-order valence-corrected chi connectivity index (χ2v) is 9.58. The van der Waals surface area contributed by atoms with Crippen LogP contribution in [0.4, 0.5) is 5.13 Å². The summed E-state index contributed by atoms with van der Waals surface area (Å²) in [6, 6.07) is 9.30. The van der Waals surface area contributed by atoms with Crippen molar-refractivity contribution in [3.63, 3.8) is 0 Å². The van der Waals surface area contributed by atoms with Crippen molar-refractivity contribution in [2.75, 3.05) is 5.32 Å². The summed E-state index contributed by atoms with van der Waals surface area (Å²) < 4.78 is 7.65. The van der Waals surface area contributed by atoms with Crippen LogP contribution < -0.4 is 10.1 Å². The minimum Gasteiger partial charge on any atom is -0.488 e. The van der Waals surface area contributed by atoms with E-state index in [9.17, 15) is 9.59 Å². The van der Waals surface area contributed by atoms with Crippen LogP contribution in [0.2, 0.25) is 0 Å². The monoisotopic (exact) mass is 423 g/mol. The van der Waals surface area contributed by atoms with Crippen molar-refractivity contribution in [1.82, 2.24) is 9.55 Å². The number of aromatic nitrogens is 2. The van der Waals surface area contributed by atoms with E-state index in [1.807, 2.05) is 64.2 Å².